The van der Waals surface area contributed by atoms with Crippen molar-refractivity contribution in [2.75, 3.05) is 16.8 Å². The first-order valence-corrected chi connectivity index (χ1v) is 11.3. The standard InChI is InChI=1S/C23H31ClN2OS/c1-15-12-19-18(16(2)22(15)25-21(27)13-23(3,4)5)8-6-7-11-26(19)14-17-9-10-20(24)28-17/h9-10,12H,6-8,11,13-14H2,1-5H3,(H,25,27). The molecule has 0 atom stereocenters. The summed E-state index contributed by atoms with van der Waals surface area (Å²) in [6, 6.07) is 6.36. The minimum atomic E-state index is -0.0175. The van der Waals surface area contributed by atoms with Crippen molar-refractivity contribution in [3.8, 4) is 0 Å². The molecule has 152 valence electrons. The predicted octanol–water partition coefficient (Wildman–Crippen LogP) is 6.74. The number of thiophene rings is 1. The monoisotopic (exact) mass is 418 g/mol. The SMILES string of the molecule is Cc1cc2c(c(C)c1NC(=O)CC(C)(C)C)CCCCN2Cc1ccc(Cl)s1. The average Bonchev–Trinajstić information content (AvgIpc) is 2.88. The number of benzene rings is 1. The molecule has 0 aliphatic carbocycles. The maximum Gasteiger partial charge on any atom is 0.224 e. The molecule has 1 amide bonds. The van der Waals surface area contributed by atoms with Gasteiger partial charge in [-0.1, -0.05) is 32.4 Å². The third-order valence-electron chi connectivity index (χ3n) is 5.26. The highest BCUT2D eigenvalue weighted by Gasteiger charge is 2.23. The van der Waals surface area contributed by atoms with E-state index in [9.17, 15) is 4.79 Å². The summed E-state index contributed by atoms with van der Waals surface area (Å²) in [5.41, 5.74) is 6.01. The van der Waals surface area contributed by atoms with Gasteiger partial charge in [0.2, 0.25) is 5.91 Å². The molecule has 0 spiro atoms. The molecule has 0 radical (unpaired) electrons. The van der Waals surface area contributed by atoms with Crippen LogP contribution in [0.4, 0.5) is 11.4 Å². The van der Waals surface area contributed by atoms with Crippen LogP contribution in [0.15, 0.2) is 18.2 Å². The fourth-order valence-electron chi connectivity index (χ4n) is 3.97. The highest BCUT2D eigenvalue weighted by molar-refractivity contribution is 7.16. The molecule has 1 aliphatic rings. The van der Waals surface area contributed by atoms with E-state index in [1.54, 1.807) is 11.3 Å². The Morgan fingerprint density at radius 3 is 2.64 bits per heavy atom. The summed E-state index contributed by atoms with van der Waals surface area (Å²) < 4.78 is 0.842. The zero-order valence-electron chi connectivity index (χ0n) is 17.6. The van der Waals surface area contributed by atoms with Crippen LogP contribution in [0.1, 0.15) is 61.6 Å². The second-order valence-electron chi connectivity index (χ2n) is 9.06. The molecule has 3 nitrogen and oxygen atoms in total. The van der Waals surface area contributed by atoms with Crippen molar-refractivity contribution in [1.82, 2.24) is 0 Å². The van der Waals surface area contributed by atoms with Crippen molar-refractivity contribution >= 4 is 40.2 Å². The van der Waals surface area contributed by atoms with Gasteiger partial charge in [0, 0.05) is 29.2 Å². The number of anilines is 2. The normalized spacial score (nSPS) is 14.6. The Kier molecular flexibility index (Phi) is 6.41. The number of amides is 1. The fraction of sp³-hybridized carbons (Fsp3) is 0.522. The van der Waals surface area contributed by atoms with Crippen molar-refractivity contribution in [1.29, 1.82) is 0 Å². The molecule has 2 aromatic rings. The van der Waals surface area contributed by atoms with Crippen LogP contribution in [-0.4, -0.2) is 12.5 Å². The van der Waals surface area contributed by atoms with E-state index in [2.05, 4.69) is 57.0 Å². The first-order chi connectivity index (χ1) is 13.1. The molecule has 2 heterocycles. The van der Waals surface area contributed by atoms with Gasteiger partial charge in [-0.3, -0.25) is 4.79 Å². The fourth-order valence-corrected chi connectivity index (χ4v) is 5.08. The highest BCUT2D eigenvalue weighted by atomic mass is 35.5. The molecular weight excluding hydrogens is 388 g/mol. The minimum Gasteiger partial charge on any atom is -0.366 e. The summed E-state index contributed by atoms with van der Waals surface area (Å²) >= 11 is 7.79. The van der Waals surface area contributed by atoms with Gasteiger partial charge in [0.25, 0.3) is 0 Å². The Hall–Kier alpha value is -1.52. The number of nitrogens with zero attached hydrogens (tertiary/aromatic N) is 1. The quantitative estimate of drug-likeness (QED) is 0.596. The molecule has 1 N–H and O–H groups in total. The molecule has 0 unspecified atom stereocenters. The van der Waals surface area contributed by atoms with E-state index in [4.69, 9.17) is 11.6 Å². The number of carbonyl (C=O) groups excluding carboxylic acids is 1. The van der Waals surface area contributed by atoms with Crippen molar-refractivity contribution in [2.24, 2.45) is 5.41 Å². The van der Waals surface area contributed by atoms with Crippen molar-refractivity contribution in [3.05, 3.63) is 44.1 Å². The molecule has 5 heteroatoms. The molecule has 3 rings (SSSR count). The maximum atomic E-state index is 12.5. The molecule has 1 aromatic carbocycles. The van der Waals surface area contributed by atoms with Gasteiger partial charge in [-0.05, 0) is 73.4 Å². The zero-order chi connectivity index (χ0) is 20.5. The summed E-state index contributed by atoms with van der Waals surface area (Å²) in [6.07, 6.45) is 3.94. The van der Waals surface area contributed by atoms with E-state index in [0.717, 1.165) is 35.1 Å². The van der Waals surface area contributed by atoms with E-state index in [0.29, 0.717) is 6.42 Å². The van der Waals surface area contributed by atoms with Crippen LogP contribution >= 0.6 is 22.9 Å². The number of aryl methyl sites for hydroxylation is 1. The lowest BCUT2D eigenvalue weighted by molar-refractivity contribution is -0.117. The molecule has 28 heavy (non-hydrogen) atoms. The van der Waals surface area contributed by atoms with E-state index in [1.165, 1.54) is 34.5 Å². The maximum absolute atomic E-state index is 12.5. The number of nitrogens with one attached hydrogen (secondary N) is 1. The second kappa shape index (κ2) is 8.46. The summed E-state index contributed by atoms with van der Waals surface area (Å²) in [5.74, 6) is 0.0948. The number of rotatable bonds is 4. The summed E-state index contributed by atoms with van der Waals surface area (Å²) in [6.45, 7) is 12.5. The molecule has 0 bridgehead atoms. The lowest BCUT2D eigenvalue weighted by atomic mass is 9.91. The van der Waals surface area contributed by atoms with Crippen molar-refractivity contribution in [3.63, 3.8) is 0 Å². The largest absolute Gasteiger partial charge is 0.366 e. The van der Waals surface area contributed by atoms with E-state index in [-0.39, 0.29) is 11.3 Å². The summed E-state index contributed by atoms with van der Waals surface area (Å²) in [4.78, 5) is 16.3. The van der Waals surface area contributed by atoms with E-state index in [1.807, 2.05) is 6.07 Å². The lowest BCUT2D eigenvalue weighted by Gasteiger charge is -2.27. The van der Waals surface area contributed by atoms with Gasteiger partial charge >= 0.3 is 0 Å². The molecule has 0 saturated heterocycles. The van der Waals surface area contributed by atoms with Crippen LogP contribution in [-0.2, 0) is 17.8 Å². The van der Waals surface area contributed by atoms with Crippen LogP contribution in [0.5, 0.6) is 0 Å². The van der Waals surface area contributed by atoms with Crippen LogP contribution in [0.2, 0.25) is 4.34 Å². The van der Waals surface area contributed by atoms with Crippen LogP contribution in [0.25, 0.3) is 0 Å². The van der Waals surface area contributed by atoms with Crippen LogP contribution in [0, 0.1) is 19.3 Å². The molecular formula is C23H31ClN2OS. The zero-order valence-corrected chi connectivity index (χ0v) is 19.2. The lowest BCUT2D eigenvalue weighted by Crippen LogP contribution is -2.24. The second-order valence-corrected chi connectivity index (χ2v) is 10.9. The average molecular weight is 419 g/mol. The molecule has 0 fully saturated rings. The summed E-state index contributed by atoms with van der Waals surface area (Å²) in [7, 11) is 0. The van der Waals surface area contributed by atoms with E-state index >= 15 is 0 Å². The van der Waals surface area contributed by atoms with Gasteiger partial charge < -0.3 is 10.2 Å². The smallest absolute Gasteiger partial charge is 0.224 e. The van der Waals surface area contributed by atoms with Crippen molar-refractivity contribution < 1.29 is 4.79 Å². The van der Waals surface area contributed by atoms with E-state index < -0.39 is 0 Å². The molecule has 1 aliphatic heterocycles. The van der Waals surface area contributed by atoms with Crippen LogP contribution in [0.3, 0.4) is 0 Å². The van der Waals surface area contributed by atoms with Crippen LogP contribution < -0.4 is 10.2 Å². The van der Waals surface area contributed by atoms with Gasteiger partial charge in [-0.15, -0.1) is 11.3 Å². The minimum absolute atomic E-state index is 0.0175. The molecule has 1 aromatic heterocycles. The Bertz CT molecular complexity index is 866. The first-order valence-electron chi connectivity index (χ1n) is 10.1. The predicted molar refractivity (Wildman–Crippen MR) is 122 cm³/mol. The van der Waals surface area contributed by atoms with Gasteiger partial charge in [0.05, 0.1) is 10.9 Å². The molecule has 0 saturated carbocycles. The number of halogens is 1. The van der Waals surface area contributed by atoms with Gasteiger partial charge in [-0.2, -0.15) is 0 Å². The number of fused-ring (bicyclic) bond motifs is 1. The first kappa shape index (κ1) is 21.2. The summed E-state index contributed by atoms with van der Waals surface area (Å²) in [5, 5.41) is 3.20. The Balaban J connectivity index is 1.91. The number of carbonyl (C=O) groups is 1. The van der Waals surface area contributed by atoms with Gasteiger partial charge in [-0.25, -0.2) is 0 Å². The number of hydrogen-bond donors (Lipinski definition) is 1. The highest BCUT2D eigenvalue weighted by Crippen LogP contribution is 2.37. The Morgan fingerprint density at radius 1 is 1.25 bits per heavy atom. The topological polar surface area (TPSA) is 32.3 Å². The number of hydrogen-bond acceptors (Lipinski definition) is 3. The Labute approximate surface area is 178 Å². The van der Waals surface area contributed by atoms with Gasteiger partial charge in [0.1, 0.15) is 0 Å². The van der Waals surface area contributed by atoms with Gasteiger partial charge in [0.15, 0.2) is 0 Å². The Morgan fingerprint density at radius 2 is 2.00 bits per heavy atom. The third kappa shape index (κ3) is 5.09. The van der Waals surface area contributed by atoms with Crippen molar-refractivity contribution in [2.45, 2.75) is 66.8 Å². The third-order valence-corrected chi connectivity index (χ3v) is 6.48.